The van der Waals surface area contributed by atoms with Crippen molar-refractivity contribution in [1.29, 1.82) is 0 Å². The molecule has 2 aliphatic heterocycles. The number of ether oxygens (including phenoxy) is 2. The third-order valence-corrected chi connectivity index (χ3v) is 8.33. The number of H-pyrrole nitrogens is 1. The first-order chi connectivity index (χ1) is 22.7. The standard InChI is InChI=1S/C35H35F4N5O3/c36-34-28-20-25(10-12-30(28)41-42-34)33(29(21-35(37,38)39)24-6-2-1-3-7-24)26-11-13-31(40-22-26)47-27-8-4-14-43(23-27)15-5-9-32(45)44-16-18-46-19-17-44/h1-3,5-7,9-13,20,22,27H,4,8,14-19,21,23H2,(H,41,42)/b9-5+,33-29-/t27-/m1/s1. The van der Waals surface area contributed by atoms with Gasteiger partial charge in [-0.05, 0) is 59.9 Å². The van der Waals surface area contributed by atoms with Crippen molar-refractivity contribution in [2.45, 2.75) is 31.5 Å². The zero-order chi connectivity index (χ0) is 32.8. The summed E-state index contributed by atoms with van der Waals surface area (Å²) < 4.78 is 68.1. The van der Waals surface area contributed by atoms with Crippen LogP contribution in [0.1, 0.15) is 36.0 Å². The molecule has 2 aliphatic rings. The fourth-order valence-electron chi connectivity index (χ4n) is 6.06. The number of halogens is 4. The second kappa shape index (κ2) is 14.5. The lowest BCUT2D eigenvalue weighted by Gasteiger charge is -2.32. The lowest BCUT2D eigenvalue weighted by molar-refractivity contribution is -0.130. The third kappa shape index (κ3) is 8.25. The van der Waals surface area contributed by atoms with Crippen molar-refractivity contribution in [2.24, 2.45) is 0 Å². The van der Waals surface area contributed by atoms with Crippen molar-refractivity contribution >= 4 is 28.0 Å². The van der Waals surface area contributed by atoms with Gasteiger partial charge in [0.05, 0.1) is 30.5 Å². The van der Waals surface area contributed by atoms with E-state index in [0.29, 0.717) is 67.5 Å². The maximum Gasteiger partial charge on any atom is 0.393 e. The van der Waals surface area contributed by atoms with Gasteiger partial charge in [-0.25, -0.2) is 4.98 Å². The van der Waals surface area contributed by atoms with Crippen LogP contribution in [0.15, 0.2) is 79.0 Å². The second-order valence-electron chi connectivity index (χ2n) is 11.7. The number of pyridine rings is 1. The van der Waals surface area contributed by atoms with E-state index in [4.69, 9.17) is 9.47 Å². The van der Waals surface area contributed by atoms with Gasteiger partial charge >= 0.3 is 6.18 Å². The normalized spacial score (nSPS) is 18.5. The number of carbonyl (C=O) groups excluding carboxylic acids is 1. The van der Waals surface area contributed by atoms with Crippen LogP contribution in [0.2, 0.25) is 0 Å². The average Bonchev–Trinajstić information content (AvgIpc) is 3.45. The Morgan fingerprint density at radius 2 is 1.81 bits per heavy atom. The molecule has 1 N–H and O–H groups in total. The highest BCUT2D eigenvalue weighted by atomic mass is 19.4. The first-order valence-corrected chi connectivity index (χ1v) is 15.6. The predicted octanol–water partition coefficient (Wildman–Crippen LogP) is 6.27. The SMILES string of the molecule is O=C(/C=C/CN1CCC[C@@H](Oc2ccc(/C(=C(/CC(F)(F)F)c3ccccc3)c3ccc4[nH]nc(F)c4c3)cn2)C1)N1CCOCC1. The Labute approximate surface area is 269 Å². The molecule has 0 saturated carbocycles. The van der Waals surface area contributed by atoms with Crippen LogP contribution in [0, 0.1) is 5.95 Å². The largest absolute Gasteiger partial charge is 0.473 e. The molecule has 4 heterocycles. The first-order valence-electron chi connectivity index (χ1n) is 15.6. The maximum absolute atomic E-state index is 14.5. The smallest absolute Gasteiger partial charge is 0.393 e. The van der Waals surface area contributed by atoms with Gasteiger partial charge in [-0.1, -0.05) is 42.5 Å². The average molecular weight is 650 g/mol. The quantitative estimate of drug-likeness (QED) is 0.131. The molecule has 6 rings (SSSR count). The van der Waals surface area contributed by atoms with Crippen molar-refractivity contribution < 1.29 is 31.8 Å². The number of aromatic nitrogens is 3. The molecule has 12 heteroatoms. The molecule has 0 radical (unpaired) electrons. The molecule has 4 aromatic rings. The summed E-state index contributed by atoms with van der Waals surface area (Å²) in [5.41, 5.74) is 2.00. The number of hydrogen-bond donors (Lipinski definition) is 1. The van der Waals surface area contributed by atoms with Gasteiger partial charge in [-0.2, -0.15) is 17.6 Å². The zero-order valence-electron chi connectivity index (χ0n) is 25.7. The highest BCUT2D eigenvalue weighted by molar-refractivity contribution is 6.00. The summed E-state index contributed by atoms with van der Waals surface area (Å²) in [4.78, 5) is 20.9. The van der Waals surface area contributed by atoms with E-state index in [1.54, 1.807) is 65.6 Å². The van der Waals surface area contributed by atoms with E-state index in [1.807, 2.05) is 6.08 Å². The molecule has 0 bridgehead atoms. The summed E-state index contributed by atoms with van der Waals surface area (Å²) in [6.07, 6.45) is 0.878. The second-order valence-corrected chi connectivity index (χ2v) is 11.7. The van der Waals surface area contributed by atoms with Gasteiger partial charge in [0.1, 0.15) is 6.10 Å². The van der Waals surface area contributed by atoms with E-state index in [-0.39, 0.29) is 28.5 Å². The van der Waals surface area contributed by atoms with E-state index in [1.165, 1.54) is 12.3 Å². The molecule has 1 amide bonds. The Morgan fingerprint density at radius 3 is 2.55 bits per heavy atom. The predicted molar refractivity (Wildman–Crippen MR) is 170 cm³/mol. The highest BCUT2D eigenvalue weighted by Crippen LogP contribution is 2.40. The molecule has 0 spiro atoms. The van der Waals surface area contributed by atoms with Crippen molar-refractivity contribution in [2.75, 3.05) is 45.9 Å². The summed E-state index contributed by atoms with van der Waals surface area (Å²) >= 11 is 0. The highest BCUT2D eigenvalue weighted by Gasteiger charge is 2.32. The van der Waals surface area contributed by atoms with Crippen LogP contribution in [-0.4, -0.2) is 89.1 Å². The number of rotatable bonds is 9. The number of likely N-dealkylation sites (tertiary alicyclic amines) is 1. The Bertz CT molecular complexity index is 1730. The maximum atomic E-state index is 14.5. The van der Waals surface area contributed by atoms with E-state index in [9.17, 15) is 22.4 Å². The van der Waals surface area contributed by atoms with Gasteiger partial charge in [-0.3, -0.25) is 14.8 Å². The van der Waals surface area contributed by atoms with Crippen LogP contribution >= 0.6 is 0 Å². The number of allylic oxidation sites excluding steroid dienone is 1. The van der Waals surface area contributed by atoms with Crippen LogP contribution in [0.5, 0.6) is 5.88 Å². The van der Waals surface area contributed by atoms with Gasteiger partial charge in [0, 0.05) is 50.1 Å². The summed E-state index contributed by atoms with van der Waals surface area (Å²) in [6.45, 7) is 4.43. The summed E-state index contributed by atoms with van der Waals surface area (Å²) in [5.74, 6) is -0.399. The summed E-state index contributed by atoms with van der Waals surface area (Å²) in [6, 6.07) is 16.5. The van der Waals surface area contributed by atoms with E-state index >= 15 is 0 Å². The molecule has 47 heavy (non-hydrogen) atoms. The number of hydrogen-bond acceptors (Lipinski definition) is 6. The number of nitrogens with one attached hydrogen (secondary N) is 1. The Morgan fingerprint density at radius 1 is 1.02 bits per heavy atom. The molecular weight excluding hydrogens is 614 g/mol. The minimum absolute atomic E-state index is 0.0173. The monoisotopic (exact) mass is 649 g/mol. The van der Waals surface area contributed by atoms with Gasteiger partial charge in [0.25, 0.3) is 0 Å². The topological polar surface area (TPSA) is 83.6 Å². The van der Waals surface area contributed by atoms with E-state index < -0.39 is 18.5 Å². The Balaban J connectivity index is 1.23. The van der Waals surface area contributed by atoms with E-state index in [0.717, 1.165) is 19.4 Å². The molecule has 8 nitrogen and oxygen atoms in total. The van der Waals surface area contributed by atoms with E-state index in [2.05, 4.69) is 20.1 Å². The number of carbonyl (C=O) groups is 1. The number of morpholine rings is 1. The molecule has 0 aliphatic carbocycles. The fraction of sp³-hybridized carbons (Fsp3) is 0.343. The molecule has 2 aromatic carbocycles. The van der Waals surface area contributed by atoms with Crippen LogP contribution < -0.4 is 4.74 Å². The molecule has 0 unspecified atom stereocenters. The first kappa shape index (κ1) is 32.4. The Hall–Kier alpha value is -4.55. The van der Waals surface area contributed by atoms with Gasteiger partial charge in [-0.15, -0.1) is 5.10 Å². The molecule has 1 atom stereocenters. The van der Waals surface area contributed by atoms with Crippen molar-refractivity contribution in [3.63, 3.8) is 0 Å². The summed E-state index contributed by atoms with van der Waals surface area (Å²) in [5, 5.41) is 6.37. The fourth-order valence-corrected chi connectivity index (χ4v) is 6.06. The van der Waals surface area contributed by atoms with Crippen LogP contribution in [0.25, 0.3) is 22.0 Å². The minimum Gasteiger partial charge on any atom is -0.473 e. The lowest BCUT2D eigenvalue weighted by atomic mass is 9.88. The molecule has 246 valence electrons. The molecular formula is C35H35F4N5O3. The number of aromatic amines is 1. The number of alkyl halides is 3. The van der Waals surface area contributed by atoms with Crippen molar-refractivity contribution in [3.8, 4) is 5.88 Å². The zero-order valence-corrected chi connectivity index (χ0v) is 25.7. The number of benzene rings is 2. The number of piperidine rings is 1. The van der Waals surface area contributed by atoms with Crippen LogP contribution in [0.3, 0.4) is 0 Å². The van der Waals surface area contributed by atoms with Gasteiger partial charge in [0.2, 0.25) is 17.7 Å². The Kier molecular flexibility index (Phi) is 9.98. The summed E-state index contributed by atoms with van der Waals surface area (Å²) in [7, 11) is 0. The minimum atomic E-state index is -4.50. The van der Waals surface area contributed by atoms with Gasteiger partial charge in [0.15, 0.2) is 0 Å². The van der Waals surface area contributed by atoms with Crippen LogP contribution in [0.4, 0.5) is 17.6 Å². The number of amides is 1. The molecule has 2 aromatic heterocycles. The van der Waals surface area contributed by atoms with Gasteiger partial charge < -0.3 is 14.4 Å². The number of fused-ring (bicyclic) bond motifs is 1. The molecule has 2 fully saturated rings. The molecule has 2 saturated heterocycles. The van der Waals surface area contributed by atoms with Crippen molar-refractivity contribution in [3.05, 3.63) is 102 Å². The van der Waals surface area contributed by atoms with Crippen molar-refractivity contribution in [1.82, 2.24) is 25.0 Å². The van der Waals surface area contributed by atoms with Crippen LogP contribution in [-0.2, 0) is 9.53 Å². The number of nitrogens with zero attached hydrogens (tertiary/aromatic N) is 4. The third-order valence-electron chi connectivity index (χ3n) is 8.33. The lowest BCUT2D eigenvalue weighted by Crippen LogP contribution is -2.41.